The van der Waals surface area contributed by atoms with Crippen molar-refractivity contribution in [3.8, 4) is 0 Å². The van der Waals surface area contributed by atoms with Crippen molar-refractivity contribution >= 4 is 17.1 Å². The van der Waals surface area contributed by atoms with Crippen LogP contribution in [0.15, 0.2) is 59.7 Å². The Morgan fingerprint density at radius 3 is 2.44 bits per heavy atom. The Morgan fingerprint density at radius 1 is 1.00 bits per heavy atom. The quantitative estimate of drug-likeness (QED) is 0.624. The third-order valence-corrected chi connectivity index (χ3v) is 6.08. The van der Waals surface area contributed by atoms with Gasteiger partial charge in [-0.3, -0.25) is 15.1 Å². The minimum absolute atomic E-state index is 0.125. The number of fused-ring (bicyclic) bond motifs is 5. The van der Waals surface area contributed by atoms with Crippen molar-refractivity contribution in [1.82, 2.24) is 0 Å². The van der Waals surface area contributed by atoms with Crippen LogP contribution in [0, 0.1) is 27.9 Å². The first kappa shape index (κ1) is 14.6. The molecule has 4 unspecified atom stereocenters. The van der Waals surface area contributed by atoms with Gasteiger partial charge in [-0.25, -0.2) is 0 Å². The Hall–Kier alpha value is -2.69. The highest BCUT2D eigenvalue weighted by Gasteiger charge is 2.55. The van der Waals surface area contributed by atoms with Gasteiger partial charge in [0, 0.05) is 18.1 Å². The fourth-order valence-electron chi connectivity index (χ4n) is 5.06. The van der Waals surface area contributed by atoms with E-state index in [-0.39, 0.29) is 10.6 Å². The largest absolute Gasteiger partial charge is 0.269 e. The third-order valence-electron chi connectivity index (χ3n) is 6.08. The number of anilines is 1. The zero-order valence-corrected chi connectivity index (χ0v) is 13.8. The van der Waals surface area contributed by atoms with Gasteiger partial charge in [-0.15, -0.1) is 0 Å². The number of hydrazone groups is 1. The van der Waals surface area contributed by atoms with Crippen LogP contribution in [0.4, 0.5) is 11.4 Å². The van der Waals surface area contributed by atoms with Crippen LogP contribution in [0.2, 0.25) is 0 Å². The lowest BCUT2D eigenvalue weighted by molar-refractivity contribution is -0.384. The number of nitro groups is 1. The van der Waals surface area contributed by atoms with Crippen molar-refractivity contribution in [2.24, 2.45) is 22.9 Å². The molecule has 0 saturated heterocycles. The van der Waals surface area contributed by atoms with Gasteiger partial charge in [0.05, 0.1) is 22.4 Å². The van der Waals surface area contributed by atoms with E-state index in [1.165, 1.54) is 30.5 Å². The van der Waals surface area contributed by atoms with Crippen LogP contribution in [0.5, 0.6) is 0 Å². The summed E-state index contributed by atoms with van der Waals surface area (Å²) in [6.07, 6.45) is 3.85. The Kier molecular flexibility index (Phi) is 3.17. The Bertz CT molecular complexity index is 847. The van der Waals surface area contributed by atoms with E-state index in [9.17, 15) is 10.1 Å². The van der Waals surface area contributed by atoms with E-state index in [0.29, 0.717) is 17.9 Å². The van der Waals surface area contributed by atoms with E-state index in [2.05, 4.69) is 29.3 Å². The maximum atomic E-state index is 10.9. The monoisotopic (exact) mass is 333 g/mol. The molecule has 1 heterocycles. The summed E-state index contributed by atoms with van der Waals surface area (Å²) < 4.78 is 0. The van der Waals surface area contributed by atoms with Crippen LogP contribution < -0.4 is 5.01 Å². The first-order valence-corrected chi connectivity index (χ1v) is 8.90. The molecule has 0 spiro atoms. The number of hydrogen-bond donors (Lipinski definition) is 0. The van der Waals surface area contributed by atoms with Crippen molar-refractivity contribution in [2.75, 3.05) is 5.01 Å². The summed E-state index contributed by atoms with van der Waals surface area (Å²) in [4.78, 5) is 10.6. The molecule has 2 aromatic rings. The van der Waals surface area contributed by atoms with Crippen molar-refractivity contribution in [3.63, 3.8) is 0 Å². The van der Waals surface area contributed by atoms with E-state index >= 15 is 0 Å². The van der Waals surface area contributed by atoms with Crippen molar-refractivity contribution in [1.29, 1.82) is 0 Å². The van der Waals surface area contributed by atoms with E-state index in [4.69, 9.17) is 5.10 Å². The summed E-state index contributed by atoms with van der Waals surface area (Å²) in [7, 11) is 0. The molecule has 126 valence electrons. The Morgan fingerprint density at radius 2 is 1.72 bits per heavy atom. The zero-order chi connectivity index (χ0) is 17.0. The number of hydrogen-bond acceptors (Lipinski definition) is 4. The average Bonchev–Trinajstić information content (AvgIpc) is 3.35. The zero-order valence-electron chi connectivity index (χ0n) is 13.8. The minimum atomic E-state index is -0.354. The normalized spacial score (nSPS) is 29.6. The summed E-state index contributed by atoms with van der Waals surface area (Å²) >= 11 is 0. The molecule has 0 N–H and O–H groups in total. The highest BCUT2D eigenvalue weighted by atomic mass is 16.6. The summed E-state index contributed by atoms with van der Waals surface area (Å²) in [5.41, 5.74) is 3.48. The van der Waals surface area contributed by atoms with Crippen LogP contribution in [0.25, 0.3) is 0 Å². The number of rotatable bonds is 3. The SMILES string of the molecule is O=[N+]([O-])c1ccc(N2N=C(c3ccccc3)C3C4CCC(C4)C32)cc1. The second kappa shape index (κ2) is 5.41. The van der Waals surface area contributed by atoms with Gasteiger partial charge in [-0.1, -0.05) is 30.3 Å². The second-order valence-corrected chi connectivity index (χ2v) is 7.32. The van der Waals surface area contributed by atoms with Crippen LogP contribution in [-0.2, 0) is 0 Å². The summed E-state index contributed by atoms with van der Waals surface area (Å²) in [6.45, 7) is 0. The van der Waals surface area contributed by atoms with Gasteiger partial charge in [-0.05, 0) is 48.8 Å². The highest BCUT2D eigenvalue weighted by molar-refractivity contribution is 6.05. The van der Waals surface area contributed by atoms with Gasteiger partial charge in [0.25, 0.3) is 5.69 Å². The van der Waals surface area contributed by atoms with E-state index in [0.717, 1.165) is 11.6 Å². The molecule has 2 bridgehead atoms. The molecule has 25 heavy (non-hydrogen) atoms. The lowest BCUT2D eigenvalue weighted by Crippen LogP contribution is -2.38. The molecule has 5 heteroatoms. The third kappa shape index (κ3) is 2.18. The fraction of sp³-hybridized carbons (Fsp3) is 0.350. The minimum Gasteiger partial charge on any atom is -0.261 e. The molecule has 2 aliphatic carbocycles. The van der Waals surface area contributed by atoms with Crippen molar-refractivity contribution in [3.05, 3.63) is 70.3 Å². The molecule has 5 rings (SSSR count). The maximum absolute atomic E-state index is 10.9. The van der Waals surface area contributed by atoms with Crippen molar-refractivity contribution in [2.45, 2.75) is 25.3 Å². The van der Waals surface area contributed by atoms with Crippen LogP contribution in [-0.4, -0.2) is 16.7 Å². The van der Waals surface area contributed by atoms with Gasteiger partial charge >= 0.3 is 0 Å². The topological polar surface area (TPSA) is 58.7 Å². The van der Waals surface area contributed by atoms with Crippen LogP contribution >= 0.6 is 0 Å². The van der Waals surface area contributed by atoms with Crippen molar-refractivity contribution < 1.29 is 4.92 Å². The lowest BCUT2D eigenvalue weighted by Gasteiger charge is -2.31. The molecule has 0 aromatic heterocycles. The fourth-order valence-corrected chi connectivity index (χ4v) is 5.06. The number of nitro benzene ring substituents is 1. The first-order chi connectivity index (χ1) is 12.2. The Balaban J connectivity index is 1.56. The number of benzene rings is 2. The van der Waals surface area contributed by atoms with E-state index in [1.54, 1.807) is 12.1 Å². The first-order valence-electron chi connectivity index (χ1n) is 8.90. The van der Waals surface area contributed by atoms with E-state index < -0.39 is 0 Å². The van der Waals surface area contributed by atoms with Crippen LogP contribution in [0.3, 0.4) is 0 Å². The lowest BCUT2D eigenvalue weighted by atomic mass is 9.80. The van der Waals surface area contributed by atoms with Gasteiger partial charge in [0.15, 0.2) is 0 Å². The van der Waals surface area contributed by atoms with Gasteiger partial charge < -0.3 is 0 Å². The second-order valence-electron chi connectivity index (χ2n) is 7.32. The standard InChI is InChI=1S/C20H19N3O2/c24-23(25)17-10-8-16(9-11-17)22-20-15-7-6-14(12-15)18(20)19(21-22)13-4-2-1-3-5-13/h1-5,8-11,14-15,18,20H,6-7,12H2. The van der Waals surface area contributed by atoms with Gasteiger partial charge in [0.2, 0.25) is 0 Å². The average molecular weight is 333 g/mol. The Labute approximate surface area is 146 Å². The summed E-state index contributed by atoms with van der Waals surface area (Å²) in [5, 5.41) is 18.1. The van der Waals surface area contributed by atoms with E-state index in [1.807, 2.05) is 18.2 Å². The molecule has 4 atom stereocenters. The smallest absolute Gasteiger partial charge is 0.261 e. The molecule has 5 nitrogen and oxygen atoms in total. The predicted octanol–water partition coefficient (Wildman–Crippen LogP) is 4.23. The molecule has 0 radical (unpaired) electrons. The molecule has 1 aliphatic heterocycles. The molecular formula is C20H19N3O2. The number of nitrogens with zero attached hydrogens (tertiary/aromatic N) is 3. The summed E-state index contributed by atoms with van der Waals surface area (Å²) in [5.74, 6) is 1.88. The molecular weight excluding hydrogens is 314 g/mol. The van der Waals surface area contributed by atoms with Gasteiger partial charge in [-0.2, -0.15) is 5.10 Å². The summed E-state index contributed by atoms with van der Waals surface area (Å²) in [6, 6.07) is 17.7. The number of non-ortho nitro benzene ring substituents is 1. The molecule has 2 saturated carbocycles. The molecule has 2 aromatic carbocycles. The molecule has 3 aliphatic rings. The molecule has 2 fully saturated rings. The van der Waals surface area contributed by atoms with Gasteiger partial charge in [0.1, 0.15) is 0 Å². The highest BCUT2D eigenvalue weighted by Crippen LogP contribution is 2.55. The molecule has 0 amide bonds. The maximum Gasteiger partial charge on any atom is 0.269 e. The predicted molar refractivity (Wildman–Crippen MR) is 96.7 cm³/mol. The van der Waals surface area contributed by atoms with Crippen LogP contribution in [0.1, 0.15) is 24.8 Å².